The van der Waals surface area contributed by atoms with Crippen LogP contribution in [-0.4, -0.2) is 54.9 Å². The Morgan fingerprint density at radius 2 is 1.86 bits per heavy atom. The van der Waals surface area contributed by atoms with Crippen molar-refractivity contribution in [3.63, 3.8) is 0 Å². The Labute approximate surface area is 125 Å². The number of sulfone groups is 1. The van der Waals surface area contributed by atoms with E-state index in [1.165, 1.54) is 4.90 Å². The number of hydrogen-bond donors (Lipinski definition) is 1. The highest BCUT2D eigenvalue weighted by atomic mass is 32.2. The zero-order chi connectivity index (χ0) is 15.8. The van der Waals surface area contributed by atoms with Crippen LogP contribution in [-0.2, 0) is 19.4 Å². The Hall–Kier alpha value is -1.11. The lowest BCUT2D eigenvalue weighted by atomic mass is 9.95. The zero-order valence-corrected chi connectivity index (χ0v) is 13.4. The van der Waals surface area contributed by atoms with Gasteiger partial charge in [0.25, 0.3) is 0 Å². The summed E-state index contributed by atoms with van der Waals surface area (Å²) < 4.78 is 23.0. The number of hydrogen-bond acceptors (Lipinski definition) is 4. The van der Waals surface area contributed by atoms with Crippen molar-refractivity contribution in [1.29, 1.82) is 0 Å². The maximum absolute atomic E-state index is 12.5. The van der Waals surface area contributed by atoms with Crippen LogP contribution in [0.15, 0.2) is 0 Å². The van der Waals surface area contributed by atoms with Crippen molar-refractivity contribution in [2.24, 2.45) is 17.3 Å². The second-order valence-electron chi connectivity index (χ2n) is 6.78. The van der Waals surface area contributed by atoms with E-state index < -0.39 is 15.8 Å². The Morgan fingerprint density at radius 1 is 1.29 bits per heavy atom. The minimum atomic E-state index is -2.94. The maximum atomic E-state index is 12.5. The molecule has 0 aromatic heterocycles. The van der Waals surface area contributed by atoms with Gasteiger partial charge < -0.3 is 10.0 Å². The molecule has 2 aliphatic rings. The predicted octanol–water partition coefficient (Wildman–Crippen LogP) is 0.770. The molecule has 1 aliphatic heterocycles. The van der Waals surface area contributed by atoms with E-state index in [9.17, 15) is 18.0 Å². The van der Waals surface area contributed by atoms with Gasteiger partial charge >= 0.3 is 5.97 Å². The normalized spacial score (nSPS) is 25.8. The highest BCUT2D eigenvalue weighted by Crippen LogP contribution is 2.60. The molecule has 1 unspecified atom stereocenters. The molecule has 1 atom stereocenters. The molecule has 2 rings (SSSR count). The first kappa shape index (κ1) is 16.3. The van der Waals surface area contributed by atoms with Crippen LogP contribution in [0.2, 0.25) is 0 Å². The van der Waals surface area contributed by atoms with Crippen molar-refractivity contribution in [3.05, 3.63) is 0 Å². The minimum Gasteiger partial charge on any atom is -0.480 e. The molecule has 6 nitrogen and oxygen atoms in total. The molecule has 2 fully saturated rings. The van der Waals surface area contributed by atoms with Crippen molar-refractivity contribution in [3.8, 4) is 0 Å². The van der Waals surface area contributed by atoms with E-state index in [2.05, 4.69) is 0 Å². The first-order chi connectivity index (χ1) is 9.65. The van der Waals surface area contributed by atoms with Crippen LogP contribution in [0.1, 0.15) is 33.1 Å². The number of rotatable bonds is 5. The summed E-state index contributed by atoms with van der Waals surface area (Å²) in [6, 6.07) is 0. The van der Waals surface area contributed by atoms with Crippen LogP contribution in [0, 0.1) is 17.3 Å². The quantitative estimate of drug-likeness (QED) is 0.808. The highest BCUT2D eigenvalue weighted by molar-refractivity contribution is 7.91. The monoisotopic (exact) mass is 317 g/mol. The lowest BCUT2D eigenvalue weighted by Crippen LogP contribution is -2.40. The van der Waals surface area contributed by atoms with Gasteiger partial charge in [-0.05, 0) is 30.6 Å². The minimum absolute atomic E-state index is 0.120. The molecule has 7 heteroatoms. The number of carbonyl (C=O) groups excluding carboxylic acids is 1. The third-order valence-corrected chi connectivity index (χ3v) is 6.19. The van der Waals surface area contributed by atoms with Gasteiger partial charge in [-0.2, -0.15) is 0 Å². The number of amides is 1. The standard InChI is InChI=1S/C14H23NO5S/c1-10(2)8-15(9-12(16)17)13(18)11-7-14(11)3-5-21(19,20)6-4-14/h10-11H,3-9H2,1-2H3,(H,16,17). The maximum Gasteiger partial charge on any atom is 0.323 e. The number of aliphatic carboxylic acids is 1. The van der Waals surface area contributed by atoms with E-state index >= 15 is 0 Å². The molecule has 1 N–H and O–H groups in total. The molecule has 0 bridgehead atoms. The van der Waals surface area contributed by atoms with Gasteiger partial charge in [-0.3, -0.25) is 9.59 Å². The van der Waals surface area contributed by atoms with Crippen molar-refractivity contribution >= 4 is 21.7 Å². The summed E-state index contributed by atoms with van der Waals surface area (Å²) in [6.45, 7) is 4.04. The van der Waals surface area contributed by atoms with Crippen molar-refractivity contribution < 1.29 is 23.1 Å². The fourth-order valence-corrected chi connectivity index (χ4v) is 4.89. The second-order valence-corrected chi connectivity index (χ2v) is 9.08. The summed E-state index contributed by atoms with van der Waals surface area (Å²) in [5.74, 6) is -0.809. The van der Waals surface area contributed by atoms with Crippen LogP contribution in [0.25, 0.3) is 0 Å². The molecule has 120 valence electrons. The molecular weight excluding hydrogens is 294 g/mol. The number of carbonyl (C=O) groups is 2. The summed E-state index contributed by atoms with van der Waals surface area (Å²) in [6.07, 6.45) is 1.78. The molecule has 0 aromatic carbocycles. The van der Waals surface area contributed by atoms with Gasteiger partial charge in [0.15, 0.2) is 0 Å². The van der Waals surface area contributed by atoms with Crippen molar-refractivity contribution in [1.82, 2.24) is 4.90 Å². The molecule has 1 amide bonds. The Kier molecular flexibility index (Phi) is 4.33. The van der Waals surface area contributed by atoms with Gasteiger partial charge in [0, 0.05) is 12.5 Å². The lowest BCUT2D eigenvalue weighted by molar-refractivity contribution is -0.145. The van der Waals surface area contributed by atoms with E-state index in [1.54, 1.807) is 0 Å². The molecule has 21 heavy (non-hydrogen) atoms. The SMILES string of the molecule is CC(C)CN(CC(=O)O)C(=O)C1CC12CCS(=O)(=O)CC2. The van der Waals surface area contributed by atoms with Gasteiger partial charge in [0.05, 0.1) is 11.5 Å². The molecule has 1 aliphatic carbocycles. The summed E-state index contributed by atoms with van der Waals surface area (Å²) >= 11 is 0. The van der Waals surface area contributed by atoms with Crippen molar-refractivity contribution in [2.75, 3.05) is 24.6 Å². The van der Waals surface area contributed by atoms with Gasteiger partial charge in [0.1, 0.15) is 16.4 Å². The second kappa shape index (κ2) is 5.59. The summed E-state index contributed by atoms with van der Waals surface area (Å²) in [4.78, 5) is 24.9. The third-order valence-electron chi connectivity index (χ3n) is 4.53. The highest BCUT2D eigenvalue weighted by Gasteiger charge is 2.60. The Bertz CT molecular complexity index is 526. The number of carboxylic acids is 1. The van der Waals surface area contributed by atoms with E-state index in [4.69, 9.17) is 5.11 Å². The van der Waals surface area contributed by atoms with Gasteiger partial charge in [-0.25, -0.2) is 8.42 Å². The summed E-state index contributed by atoms with van der Waals surface area (Å²) in [7, 11) is -2.94. The predicted molar refractivity (Wildman–Crippen MR) is 77.5 cm³/mol. The van der Waals surface area contributed by atoms with Gasteiger partial charge in [-0.15, -0.1) is 0 Å². The largest absolute Gasteiger partial charge is 0.480 e. The topological polar surface area (TPSA) is 91.8 Å². The fourth-order valence-electron chi connectivity index (χ4n) is 3.25. The van der Waals surface area contributed by atoms with Gasteiger partial charge in [-0.1, -0.05) is 13.8 Å². The molecular formula is C14H23NO5S. The first-order valence-electron chi connectivity index (χ1n) is 7.36. The van der Waals surface area contributed by atoms with E-state index in [0.717, 1.165) is 0 Å². The van der Waals surface area contributed by atoms with Crippen LogP contribution in [0.4, 0.5) is 0 Å². The first-order valence-corrected chi connectivity index (χ1v) is 9.18. The van der Waals surface area contributed by atoms with Crippen LogP contribution < -0.4 is 0 Å². The van der Waals surface area contributed by atoms with Crippen LogP contribution in [0.3, 0.4) is 0 Å². The Morgan fingerprint density at radius 3 is 2.33 bits per heavy atom. The molecule has 0 radical (unpaired) electrons. The van der Waals surface area contributed by atoms with Crippen LogP contribution in [0.5, 0.6) is 0 Å². The lowest BCUT2D eigenvalue weighted by Gasteiger charge is -2.26. The average molecular weight is 317 g/mol. The molecule has 0 aromatic rings. The molecule has 1 heterocycles. The van der Waals surface area contributed by atoms with E-state index in [0.29, 0.717) is 25.8 Å². The summed E-state index contributed by atoms with van der Waals surface area (Å²) in [5, 5.41) is 8.95. The number of carboxylic acid groups (broad SMARTS) is 1. The Balaban J connectivity index is 2.01. The summed E-state index contributed by atoms with van der Waals surface area (Å²) in [5.41, 5.74) is -0.184. The number of nitrogens with zero attached hydrogens (tertiary/aromatic N) is 1. The zero-order valence-electron chi connectivity index (χ0n) is 12.5. The molecule has 1 spiro atoms. The van der Waals surface area contributed by atoms with Gasteiger partial charge in [0.2, 0.25) is 5.91 Å². The van der Waals surface area contributed by atoms with E-state index in [-0.39, 0.29) is 41.2 Å². The van der Waals surface area contributed by atoms with Crippen LogP contribution >= 0.6 is 0 Å². The average Bonchev–Trinajstić information content (AvgIpc) is 3.05. The third kappa shape index (κ3) is 3.75. The molecule has 1 saturated heterocycles. The fraction of sp³-hybridized carbons (Fsp3) is 0.857. The van der Waals surface area contributed by atoms with Crippen molar-refractivity contribution in [2.45, 2.75) is 33.1 Å². The van der Waals surface area contributed by atoms with E-state index in [1.807, 2.05) is 13.8 Å². The smallest absolute Gasteiger partial charge is 0.323 e. The molecule has 1 saturated carbocycles.